The quantitative estimate of drug-likeness (QED) is 0.748. The van der Waals surface area contributed by atoms with Crippen LogP contribution in [0.15, 0.2) is 41.1 Å². The maximum Gasteiger partial charge on any atom is 0.176 e. The Morgan fingerprint density at radius 1 is 1.45 bits per heavy atom. The van der Waals surface area contributed by atoms with Crippen molar-refractivity contribution in [2.24, 2.45) is 0 Å². The van der Waals surface area contributed by atoms with Crippen LogP contribution < -0.4 is 10.1 Å². The van der Waals surface area contributed by atoms with Crippen LogP contribution in [-0.4, -0.2) is 17.1 Å². The van der Waals surface area contributed by atoms with E-state index in [-0.39, 0.29) is 6.04 Å². The van der Waals surface area contributed by atoms with Gasteiger partial charge in [0.15, 0.2) is 11.3 Å². The molecule has 0 amide bonds. The fraction of sp³-hybridized carbons (Fsp3) is 0.267. The van der Waals surface area contributed by atoms with Crippen molar-refractivity contribution >= 4 is 11.0 Å². The zero-order valence-electron chi connectivity index (χ0n) is 11.5. The van der Waals surface area contributed by atoms with Crippen molar-refractivity contribution in [2.75, 3.05) is 7.11 Å². The van der Waals surface area contributed by atoms with Gasteiger partial charge in [0, 0.05) is 17.8 Å². The number of imidazole rings is 1. The normalized spacial score (nSPS) is 12.7. The number of H-pyrrole nitrogens is 1. The Kier molecular flexibility index (Phi) is 3.43. The van der Waals surface area contributed by atoms with Gasteiger partial charge in [-0.05, 0) is 19.1 Å². The third kappa shape index (κ3) is 2.40. The molecule has 2 heterocycles. The molecule has 1 unspecified atom stereocenters. The van der Waals surface area contributed by atoms with Crippen molar-refractivity contribution < 1.29 is 9.15 Å². The lowest BCUT2D eigenvalue weighted by Gasteiger charge is -2.09. The first-order valence-electron chi connectivity index (χ1n) is 6.56. The average Bonchev–Trinajstić information content (AvgIpc) is 3.12. The summed E-state index contributed by atoms with van der Waals surface area (Å²) in [6, 6.07) is 8.04. The van der Waals surface area contributed by atoms with Gasteiger partial charge < -0.3 is 19.5 Å². The van der Waals surface area contributed by atoms with E-state index in [2.05, 4.69) is 22.2 Å². The van der Waals surface area contributed by atoms with Crippen LogP contribution in [0.3, 0.4) is 0 Å². The van der Waals surface area contributed by atoms with Crippen molar-refractivity contribution in [1.82, 2.24) is 15.3 Å². The van der Waals surface area contributed by atoms with E-state index in [4.69, 9.17) is 9.15 Å². The number of furan rings is 1. The van der Waals surface area contributed by atoms with Gasteiger partial charge >= 0.3 is 0 Å². The van der Waals surface area contributed by atoms with Crippen LogP contribution in [0.2, 0.25) is 0 Å². The molecule has 5 heteroatoms. The van der Waals surface area contributed by atoms with Crippen LogP contribution in [0, 0.1) is 0 Å². The summed E-state index contributed by atoms with van der Waals surface area (Å²) in [6.07, 6.45) is 3.57. The molecule has 0 saturated heterocycles. The standard InChI is InChI=1S/C15H17N3O2/c1-10(15-16-6-7-17-15)18-9-12-8-11-4-3-5-13(19-2)14(11)20-12/h3-8,10,18H,9H2,1-2H3,(H,16,17). The van der Waals surface area contributed by atoms with Crippen molar-refractivity contribution in [3.63, 3.8) is 0 Å². The summed E-state index contributed by atoms with van der Waals surface area (Å²) in [6.45, 7) is 2.70. The lowest BCUT2D eigenvalue weighted by molar-refractivity contribution is 0.404. The van der Waals surface area contributed by atoms with Crippen LogP contribution in [-0.2, 0) is 6.54 Å². The molecule has 5 nitrogen and oxygen atoms in total. The molecule has 0 aliphatic carbocycles. The molecule has 1 atom stereocenters. The summed E-state index contributed by atoms with van der Waals surface area (Å²) in [4.78, 5) is 7.32. The monoisotopic (exact) mass is 271 g/mol. The number of fused-ring (bicyclic) bond motifs is 1. The van der Waals surface area contributed by atoms with Crippen LogP contribution in [0.1, 0.15) is 24.6 Å². The number of hydrogen-bond donors (Lipinski definition) is 2. The summed E-state index contributed by atoms with van der Waals surface area (Å²) in [5, 5.41) is 4.42. The first kappa shape index (κ1) is 12.7. The Bertz CT molecular complexity index is 688. The summed E-state index contributed by atoms with van der Waals surface area (Å²) in [5.41, 5.74) is 0.789. The van der Waals surface area contributed by atoms with Gasteiger partial charge in [0.2, 0.25) is 0 Å². The van der Waals surface area contributed by atoms with Gasteiger partial charge in [0.05, 0.1) is 19.7 Å². The van der Waals surface area contributed by atoms with E-state index < -0.39 is 0 Å². The van der Waals surface area contributed by atoms with Crippen LogP contribution in [0.4, 0.5) is 0 Å². The predicted octanol–water partition coefficient (Wildman–Crippen LogP) is 3.02. The molecule has 2 aromatic heterocycles. The summed E-state index contributed by atoms with van der Waals surface area (Å²) in [5.74, 6) is 2.55. The average molecular weight is 271 g/mol. The van der Waals surface area contributed by atoms with E-state index in [0.717, 1.165) is 28.3 Å². The largest absolute Gasteiger partial charge is 0.493 e. The van der Waals surface area contributed by atoms with Crippen LogP contribution >= 0.6 is 0 Å². The van der Waals surface area contributed by atoms with E-state index in [9.17, 15) is 0 Å². The Morgan fingerprint density at radius 3 is 3.10 bits per heavy atom. The third-order valence-electron chi connectivity index (χ3n) is 3.29. The number of nitrogens with one attached hydrogen (secondary N) is 2. The zero-order valence-corrected chi connectivity index (χ0v) is 11.5. The molecule has 3 rings (SSSR count). The summed E-state index contributed by atoms with van der Waals surface area (Å²) < 4.78 is 11.1. The highest BCUT2D eigenvalue weighted by atomic mass is 16.5. The Labute approximate surface area is 117 Å². The number of benzene rings is 1. The number of aromatic nitrogens is 2. The number of aromatic amines is 1. The summed E-state index contributed by atoms with van der Waals surface area (Å²) >= 11 is 0. The van der Waals surface area contributed by atoms with E-state index in [1.165, 1.54) is 0 Å². The SMILES string of the molecule is COc1cccc2cc(CNC(C)c3ncc[nH]3)oc12. The minimum absolute atomic E-state index is 0.139. The van der Waals surface area contributed by atoms with Crippen molar-refractivity contribution in [2.45, 2.75) is 19.5 Å². The fourth-order valence-corrected chi connectivity index (χ4v) is 2.20. The summed E-state index contributed by atoms with van der Waals surface area (Å²) in [7, 11) is 1.65. The number of nitrogens with zero attached hydrogens (tertiary/aromatic N) is 1. The van der Waals surface area contributed by atoms with Crippen molar-refractivity contribution in [3.05, 3.63) is 48.2 Å². The highest BCUT2D eigenvalue weighted by Crippen LogP contribution is 2.28. The van der Waals surface area contributed by atoms with E-state index in [0.29, 0.717) is 6.54 Å². The van der Waals surface area contributed by atoms with Crippen molar-refractivity contribution in [1.29, 1.82) is 0 Å². The first-order chi connectivity index (χ1) is 9.78. The van der Waals surface area contributed by atoms with E-state index >= 15 is 0 Å². The molecule has 104 valence electrons. The molecule has 0 radical (unpaired) electrons. The minimum atomic E-state index is 0.139. The minimum Gasteiger partial charge on any atom is -0.493 e. The highest BCUT2D eigenvalue weighted by Gasteiger charge is 2.11. The Morgan fingerprint density at radius 2 is 2.35 bits per heavy atom. The predicted molar refractivity (Wildman–Crippen MR) is 76.6 cm³/mol. The molecular formula is C15H17N3O2. The van der Waals surface area contributed by atoms with Crippen molar-refractivity contribution in [3.8, 4) is 5.75 Å². The lowest BCUT2D eigenvalue weighted by Crippen LogP contribution is -2.18. The first-order valence-corrected chi connectivity index (χ1v) is 6.56. The molecule has 0 bridgehead atoms. The van der Waals surface area contributed by atoms with Gasteiger partial charge in [-0.3, -0.25) is 0 Å². The number of rotatable bonds is 5. The number of ether oxygens (including phenoxy) is 1. The number of methoxy groups -OCH3 is 1. The van der Waals surface area contributed by atoms with E-state index in [1.807, 2.05) is 30.5 Å². The molecule has 3 aromatic rings. The van der Waals surface area contributed by atoms with E-state index in [1.54, 1.807) is 13.3 Å². The molecule has 20 heavy (non-hydrogen) atoms. The molecule has 1 aromatic carbocycles. The van der Waals surface area contributed by atoms with Gasteiger partial charge in [-0.25, -0.2) is 4.98 Å². The number of hydrogen-bond acceptors (Lipinski definition) is 4. The second-order valence-corrected chi connectivity index (χ2v) is 4.67. The Balaban J connectivity index is 1.75. The molecular weight excluding hydrogens is 254 g/mol. The topological polar surface area (TPSA) is 63.1 Å². The number of para-hydroxylation sites is 1. The molecule has 0 aliphatic heterocycles. The van der Waals surface area contributed by atoms with Gasteiger partial charge in [0.1, 0.15) is 11.6 Å². The lowest BCUT2D eigenvalue weighted by atomic mass is 10.2. The van der Waals surface area contributed by atoms with Crippen LogP contribution in [0.5, 0.6) is 5.75 Å². The fourth-order valence-electron chi connectivity index (χ4n) is 2.20. The highest BCUT2D eigenvalue weighted by molar-refractivity contribution is 5.83. The smallest absolute Gasteiger partial charge is 0.176 e. The molecule has 0 spiro atoms. The molecule has 0 fully saturated rings. The maximum atomic E-state index is 5.84. The second kappa shape index (κ2) is 5.38. The van der Waals surface area contributed by atoms with Gasteiger partial charge in [-0.2, -0.15) is 0 Å². The second-order valence-electron chi connectivity index (χ2n) is 4.67. The molecule has 0 aliphatic rings. The molecule has 0 saturated carbocycles. The Hall–Kier alpha value is -2.27. The van der Waals surface area contributed by atoms with Gasteiger partial charge in [-0.1, -0.05) is 12.1 Å². The van der Waals surface area contributed by atoms with Gasteiger partial charge in [0.25, 0.3) is 0 Å². The maximum absolute atomic E-state index is 5.84. The van der Waals surface area contributed by atoms with Gasteiger partial charge in [-0.15, -0.1) is 0 Å². The van der Waals surface area contributed by atoms with Crippen LogP contribution in [0.25, 0.3) is 11.0 Å². The molecule has 2 N–H and O–H groups in total. The zero-order chi connectivity index (χ0) is 13.9. The third-order valence-corrected chi connectivity index (χ3v) is 3.29.